The highest BCUT2D eigenvalue weighted by atomic mass is 35.6. The Balaban J connectivity index is 3.20. The number of halogens is 3. The molecule has 0 amide bonds. The zero-order valence-corrected chi connectivity index (χ0v) is 11.1. The summed E-state index contributed by atoms with van der Waals surface area (Å²) < 4.78 is 20.7. The van der Waals surface area contributed by atoms with Gasteiger partial charge in [-0.25, -0.2) is 13.6 Å². The molecule has 1 aromatic carbocycles. The van der Waals surface area contributed by atoms with Crippen LogP contribution in [0.2, 0.25) is 0 Å². The van der Waals surface area contributed by atoms with Gasteiger partial charge in [-0.3, -0.25) is 0 Å². The van der Waals surface area contributed by atoms with Crippen molar-refractivity contribution in [2.45, 2.75) is 12.9 Å². The molecule has 0 atom stereocenters. The second kappa shape index (κ2) is 4.69. The van der Waals surface area contributed by atoms with Crippen LogP contribution in [-0.2, 0) is 10.0 Å². The number of thioether (sulfide) groups is 1. The summed E-state index contributed by atoms with van der Waals surface area (Å²) in [7, 11) is -3.80. The van der Waals surface area contributed by atoms with Crippen LogP contribution in [0.5, 0.6) is 0 Å². The van der Waals surface area contributed by atoms with Crippen LogP contribution in [0.3, 0.4) is 0 Å². The maximum Gasteiger partial charge on any atom is 0.241 e. The van der Waals surface area contributed by atoms with Gasteiger partial charge in [0.1, 0.15) is 0 Å². The van der Waals surface area contributed by atoms with Gasteiger partial charge in [-0.05, 0) is 12.1 Å². The van der Waals surface area contributed by atoms with Crippen LogP contribution in [0.1, 0.15) is 0 Å². The summed E-state index contributed by atoms with van der Waals surface area (Å²) in [6.45, 7) is 0. The lowest BCUT2D eigenvalue weighted by molar-refractivity contribution is 0.596. The van der Waals surface area contributed by atoms with Gasteiger partial charge in [0.2, 0.25) is 13.1 Å². The zero-order valence-electron chi connectivity index (χ0n) is 7.15. The van der Waals surface area contributed by atoms with Gasteiger partial charge in [-0.1, -0.05) is 58.7 Å². The molecule has 0 bridgehead atoms. The van der Waals surface area contributed by atoms with Gasteiger partial charge in [-0.2, -0.15) is 0 Å². The maximum atomic E-state index is 11.2. The summed E-state index contributed by atoms with van der Waals surface area (Å²) in [5.74, 6) is 0. The van der Waals surface area contributed by atoms with Gasteiger partial charge in [0.25, 0.3) is 0 Å². The van der Waals surface area contributed by atoms with Crippen molar-refractivity contribution in [1.29, 1.82) is 0 Å². The molecule has 0 aliphatic heterocycles. The van der Waals surface area contributed by atoms with Crippen LogP contribution in [-0.4, -0.2) is 11.5 Å². The number of nitrogens with two attached hydrogens (primary N) is 1. The van der Waals surface area contributed by atoms with E-state index in [0.717, 1.165) is 11.8 Å². The van der Waals surface area contributed by atoms with E-state index < -0.39 is 13.1 Å². The highest BCUT2D eigenvalue weighted by Gasteiger charge is 2.25. The first-order chi connectivity index (χ1) is 6.70. The molecule has 0 aliphatic carbocycles. The lowest BCUT2D eigenvalue weighted by Gasteiger charge is -2.12. The minimum atomic E-state index is -3.80. The molecule has 0 saturated carbocycles. The molecule has 0 spiro atoms. The summed E-state index contributed by atoms with van der Waals surface area (Å²) in [5.41, 5.74) is 0. The summed E-state index contributed by atoms with van der Waals surface area (Å²) >= 11 is 17.4. The Labute approximate surface area is 107 Å². The average molecular weight is 307 g/mol. The Hall–Kier alpha value is 0.350. The van der Waals surface area contributed by atoms with Crippen molar-refractivity contribution >= 4 is 56.6 Å². The minimum absolute atomic E-state index is 0.0543. The van der Waals surface area contributed by atoms with E-state index in [1.807, 2.05) is 0 Å². The first kappa shape index (κ1) is 13.4. The van der Waals surface area contributed by atoms with Gasteiger partial charge in [0, 0.05) is 4.90 Å². The molecule has 0 aromatic heterocycles. The van der Waals surface area contributed by atoms with Crippen molar-refractivity contribution in [3.05, 3.63) is 24.3 Å². The SMILES string of the molecule is NS(=O)(=O)c1ccccc1SC(Cl)(Cl)Cl. The number of hydrogen-bond donors (Lipinski definition) is 1. The number of benzene rings is 1. The smallest absolute Gasteiger partial charge is 0.225 e. The number of primary sulfonamides is 1. The van der Waals surface area contributed by atoms with Crippen molar-refractivity contribution in [1.82, 2.24) is 0 Å². The predicted molar refractivity (Wildman–Crippen MR) is 64.0 cm³/mol. The third kappa shape index (κ3) is 4.38. The Morgan fingerprint density at radius 1 is 1.20 bits per heavy atom. The number of rotatable bonds is 2. The molecule has 0 heterocycles. The van der Waals surface area contributed by atoms with Crippen LogP contribution >= 0.6 is 46.6 Å². The van der Waals surface area contributed by atoms with Crippen LogP contribution < -0.4 is 5.14 Å². The Morgan fingerprint density at radius 3 is 2.20 bits per heavy atom. The molecule has 0 fully saturated rings. The number of hydrogen-bond acceptors (Lipinski definition) is 3. The van der Waals surface area contributed by atoms with Gasteiger partial charge in [0.05, 0.1) is 4.90 Å². The second-order valence-electron chi connectivity index (χ2n) is 2.54. The van der Waals surface area contributed by atoms with Gasteiger partial charge in [0.15, 0.2) is 0 Å². The molecule has 15 heavy (non-hydrogen) atoms. The molecule has 1 rings (SSSR count). The van der Waals surface area contributed by atoms with E-state index in [0.29, 0.717) is 4.90 Å². The van der Waals surface area contributed by atoms with Crippen molar-refractivity contribution in [2.24, 2.45) is 5.14 Å². The fourth-order valence-corrected chi connectivity index (χ4v) is 3.30. The standard InChI is InChI=1S/C7H6Cl3NO2S2/c8-7(9,10)14-5-3-1-2-4-6(5)15(11,12)13/h1-4H,(H2,11,12,13). The molecule has 0 unspecified atom stereocenters. The predicted octanol–water partition coefficient (Wildman–Crippen LogP) is 2.75. The molecule has 1 aromatic rings. The number of alkyl halides is 3. The highest BCUT2D eigenvalue weighted by molar-refractivity contribution is 8.05. The van der Waals surface area contributed by atoms with Gasteiger partial charge >= 0.3 is 0 Å². The van der Waals surface area contributed by atoms with Crippen molar-refractivity contribution in [3.8, 4) is 0 Å². The van der Waals surface area contributed by atoms with E-state index in [9.17, 15) is 8.42 Å². The van der Waals surface area contributed by atoms with Crippen LogP contribution in [0.15, 0.2) is 34.1 Å². The van der Waals surface area contributed by atoms with E-state index >= 15 is 0 Å². The minimum Gasteiger partial charge on any atom is -0.225 e. The third-order valence-electron chi connectivity index (χ3n) is 1.38. The topological polar surface area (TPSA) is 60.2 Å². The van der Waals surface area contributed by atoms with Crippen molar-refractivity contribution < 1.29 is 8.42 Å². The first-order valence-electron chi connectivity index (χ1n) is 3.58. The summed E-state index contributed by atoms with van der Waals surface area (Å²) in [6.07, 6.45) is 0. The summed E-state index contributed by atoms with van der Waals surface area (Å²) in [4.78, 5) is 0.251. The highest BCUT2D eigenvalue weighted by Crippen LogP contribution is 2.45. The molecule has 84 valence electrons. The van der Waals surface area contributed by atoms with Crippen LogP contribution in [0, 0.1) is 0 Å². The molecule has 0 saturated heterocycles. The second-order valence-corrected chi connectivity index (χ2v) is 8.28. The van der Waals surface area contributed by atoms with Crippen LogP contribution in [0.4, 0.5) is 0 Å². The fourth-order valence-electron chi connectivity index (χ4n) is 0.894. The Morgan fingerprint density at radius 2 is 1.73 bits per heavy atom. The maximum absolute atomic E-state index is 11.2. The molecule has 2 N–H and O–H groups in total. The quantitative estimate of drug-likeness (QED) is 0.675. The third-order valence-corrected chi connectivity index (χ3v) is 3.98. The lowest BCUT2D eigenvalue weighted by atomic mass is 10.4. The van der Waals surface area contributed by atoms with E-state index in [4.69, 9.17) is 39.9 Å². The Kier molecular flexibility index (Phi) is 4.20. The largest absolute Gasteiger partial charge is 0.241 e. The van der Waals surface area contributed by atoms with E-state index in [2.05, 4.69) is 0 Å². The molecule has 0 radical (unpaired) electrons. The molecular weight excluding hydrogens is 301 g/mol. The Bertz CT molecular complexity index is 456. The zero-order chi connectivity index (χ0) is 11.7. The van der Waals surface area contributed by atoms with Crippen LogP contribution in [0.25, 0.3) is 0 Å². The van der Waals surface area contributed by atoms with E-state index in [-0.39, 0.29) is 4.90 Å². The van der Waals surface area contributed by atoms with E-state index in [1.54, 1.807) is 12.1 Å². The van der Waals surface area contributed by atoms with Crippen molar-refractivity contribution in [3.63, 3.8) is 0 Å². The molecule has 8 heteroatoms. The van der Waals surface area contributed by atoms with Gasteiger partial charge < -0.3 is 0 Å². The number of sulfonamides is 1. The average Bonchev–Trinajstić information content (AvgIpc) is 1.99. The normalized spacial score (nSPS) is 12.8. The van der Waals surface area contributed by atoms with Crippen molar-refractivity contribution in [2.75, 3.05) is 0 Å². The van der Waals surface area contributed by atoms with E-state index in [1.165, 1.54) is 12.1 Å². The molecular formula is C7H6Cl3NO2S2. The molecule has 0 aliphatic rings. The molecule has 3 nitrogen and oxygen atoms in total. The lowest BCUT2D eigenvalue weighted by Crippen LogP contribution is -2.13. The summed E-state index contributed by atoms with van der Waals surface area (Å²) in [5, 5.41) is 5.01. The first-order valence-corrected chi connectivity index (χ1v) is 7.07. The van der Waals surface area contributed by atoms with Gasteiger partial charge in [-0.15, -0.1) is 0 Å². The monoisotopic (exact) mass is 305 g/mol. The summed E-state index contributed by atoms with van der Waals surface area (Å²) in [6, 6.07) is 6.05. The fraction of sp³-hybridized carbons (Fsp3) is 0.143.